The molecule has 0 amide bonds. The molecule has 3 heteroatoms. The first-order chi connectivity index (χ1) is 7.36. The highest BCUT2D eigenvalue weighted by atomic mass is 35.5. The zero-order chi connectivity index (χ0) is 10.3. The molecule has 3 rings (SSSR count). The quantitative estimate of drug-likeness (QED) is 0.704. The van der Waals surface area contributed by atoms with Crippen molar-refractivity contribution in [2.45, 2.75) is 25.7 Å². The standard InChI is InChI=1S/C13H12O2.ClH/c14-13-11-7-2-1-5-9(11)10-6-3-4-8-12(10)15-13;/h1-2,5,7H,3-4,6,8H2;1H. The van der Waals surface area contributed by atoms with Crippen LogP contribution in [0.3, 0.4) is 0 Å². The van der Waals surface area contributed by atoms with Gasteiger partial charge in [-0.2, -0.15) is 0 Å². The van der Waals surface area contributed by atoms with Crippen LogP contribution < -0.4 is 5.63 Å². The highest BCUT2D eigenvalue weighted by Gasteiger charge is 2.16. The van der Waals surface area contributed by atoms with Gasteiger partial charge in [-0.05, 0) is 36.3 Å². The highest BCUT2D eigenvalue weighted by Crippen LogP contribution is 2.26. The molecule has 0 saturated carbocycles. The van der Waals surface area contributed by atoms with Gasteiger partial charge in [-0.3, -0.25) is 0 Å². The van der Waals surface area contributed by atoms with Crippen molar-refractivity contribution in [3.05, 3.63) is 46.0 Å². The molecule has 1 heterocycles. The fourth-order valence-corrected chi connectivity index (χ4v) is 2.37. The predicted molar refractivity (Wildman–Crippen MR) is 66.4 cm³/mol. The molecule has 1 aromatic carbocycles. The smallest absolute Gasteiger partial charge is 0.343 e. The summed E-state index contributed by atoms with van der Waals surface area (Å²) in [5.74, 6) is 0.907. The molecule has 0 unspecified atom stereocenters. The third-order valence-electron chi connectivity index (χ3n) is 3.11. The average Bonchev–Trinajstić information content (AvgIpc) is 2.30. The Balaban J connectivity index is 0.000000963. The van der Waals surface area contributed by atoms with Gasteiger partial charge in [0.05, 0.1) is 5.39 Å². The highest BCUT2D eigenvalue weighted by molar-refractivity contribution is 5.85. The summed E-state index contributed by atoms with van der Waals surface area (Å²) in [6, 6.07) is 7.73. The number of rotatable bonds is 0. The van der Waals surface area contributed by atoms with E-state index in [1.165, 1.54) is 12.0 Å². The maximum absolute atomic E-state index is 11.7. The largest absolute Gasteiger partial charge is 0.427 e. The first-order valence-electron chi connectivity index (χ1n) is 5.40. The van der Waals surface area contributed by atoms with E-state index in [0.717, 1.165) is 35.8 Å². The molecule has 0 saturated heterocycles. The summed E-state index contributed by atoms with van der Waals surface area (Å²) >= 11 is 0. The van der Waals surface area contributed by atoms with Crippen molar-refractivity contribution in [1.82, 2.24) is 0 Å². The lowest BCUT2D eigenvalue weighted by atomic mass is 9.93. The third-order valence-corrected chi connectivity index (χ3v) is 3.11. The summed E-state index contributed by atoms with van der Waals surface area (Å²) in [4.78, 5) is 11.7. The van der Waals surface area contributed by atoms with Crippen LogP contribution in [0.4, 0.5) is 0 Å². The Kier molecular flexibility index (Phi) is 3.01. The van der Waals surface area contributed by atoms with E-state index in [-0.39, 0.29) is 18.0 Å². The fourth-order valence-electron chi connectivity index (χ4n) is 2.37. The van der Waals surface area contributed by atoms with Crippen LogP contribution in [-0.2, 0) is 12.8 Å². The molecule has 0 atom stereocenters. The molecule has 1 aromatic heterocycles. The van der Waals surface area contributed by atoms with E-state index < -0.39 is 0 Å². The Morgan fingerprint density at radius 2 is 1.69 bits per heavy atom. The molecule has 2 aromatic rings. The van der Waals surface area contributed by atoms with Crippen LogP contribution >= 0.6 is 12.4 Å². The van der Waals surface area contributed by atoms with Crippen LogP contribution in [0.15, 0.2) is 33.5 Å². The van der Waals surface area contributed by atoms with Gasteiger partial charge in [0.2, 0.25) is 0 Å². The van der Waals surface area contributed by atoms with Crippen molar-refractivity contribution in [3.8, 4) is 0 Å². The average molecular weight is 237 g/mol. The Bertz CT molecular complexity index is 572. The van der Waals surface area contributed by atoms with Gasteiger partial charge in [-0.1, -0.05) is 18.2 Å². The van der Waals surface area contributed by atoms with E-state index in [9.17, 15) is 4.79 Å². The van der Waals surface area contributed by atoms with Crippen molar-refractivity contribution in [3.63, 3.8) is 0 Å². The van der Waals surface area contributed by atoms with Crippen LogP contribution in [0.5, 0.6) is 0 Å². The summed E-state index contributed by atoms with van der Waals surface area (Å²) in [5.41, 5.74) is 1.06. The second-order valence-electron chi connectivity index (χ2n) is 4.04. The molecule has 84 valence electrons. The molecule has 0 radical (unpaired) electrons. The van der Waals surface area contributed by atoms with Gasteiger partial charge in [0, 0.05) is 6.42 Å². The van der Waals surface area contributed by atoms with E-state index in [0.29, 0.717) is 0 Å². The van der Waals surface area contributed by atoms with E-state index in [2.05, 4.69) is 0 Å². The van der Waals surface area contributed by atoms with Crippen LogP contribution in [0.1, 0.15) is 24.2 Å². The van der Waals surface area contributed by atoms with Gasteiger partial charge in [0.1, 0.15) is 5.76 Å². The van der Waals surface area contributed by atoms with Crippen molar-refractivity contribution in [2.24, 2.45) is 0 Å². The molecule has 1 aliphatic rings. The second-order valence-corrected chi connectivity index (χ2v) is 4.04. The van der Waals surface area contributed by atoms with E-state index >= 15 is 0 Å². The molecular weight excluding hydrogens is 224 g/mol. The first kappa shape index (κ1) is 11.2. The molecule has 0 fully saturated rings. The second kappa shape index (κ2) is 4.30. The van der Waals surface area contributed by atoms with Crippen LogP contribution in [0.25, 0.3) is 10.8 Å². The molecule has 2 nitrogen and oxygen atoms in total. The molecule has 1 aliphatic carbocycles. The van der Waals surface area contributed by atoms with E-state index in [1.54, 1.807) is 0 Å². The van der Waals surface area contributed by atoms with Gasteiger partial charge in [-0.25, -0.2) is 4.79 Å². The lowest BCUT2D eigenvalue weighted by molar-refractivity contribution is 0.436. The minimum Gasteiger partial charge on any atom is -0.427 e. The monoisotopic (exact) mass is 236 g/mol. The lowest BCUT2D eigenvalue weighted by Gasteiger charge is -2.15. The SMILES string of the molecule is Cl.O=c1oc2c(c3ccccc13)CCCC2. The summed E-state index contributed by atoms with van der Waals surface area (Å²) in [6.07, 6.45) is 4.29. The van der Waals surface area contributed by atoms with Gasteiger partial charge >= 0.3 is 5.63 Å². The van der Waals surface area contributed by atoms with Gasteiger partial charge in [0.25, 0.3) is 0 Å². The lowest BCUT2D eigenvalue weighted by Crippen LogP contribution is -2.10. The fraction of sp³-hybridized carbons (Fsp3) is 0.308. The first-order valence-corrected chi connectivity index (χ1v) is 5.40. The maximum atomic E-state index is 11.7. The zero-order valence-electron chi connectivity index (χ0n) is 8.86. The van der Waals surface area contributed by atoms with Gasteiger partial charge < -0.3 is 4.42 Å². The Hall–Kier alpha value is -1.28. The summed E-state index contributed by atoms with van der Waals surface area (Å²) in [7, 11) is 0. The Morgan fingerprint density at radius 3 is 2.50 bits per heavy atom. The molecule has 16 heavy (non-hydrogen) atoms. The third kappa shape index (κ3) is 1.63. The summed E-state index contributed by atoms with van der Waals surface area (Å²) < 4.78 is 5.36. The van der Waals surface area contributed by atoms with Gasteiger partial charge in [-0.15, -0.1) is 12.4 Å². The predicted octanol–water partition coefficient (Wildman–Crippen LogP) is 3.09. The number of hydrogen-bond donors (Lipinski definition) is 0. The summed E-state index contributed by atoms with van der Waals surface area (Å²) in [6.45, 7) is 0. The topological polar surface area (TPSA) is 30.2 Å². The van der Waals surface area contributed by atoms with Crippen LogP contribution in [0.2, 0.25) is 0 Å². The number of aryl methyl sites for hydroxylation is 2. The Morgan fingerprint density at radius 1 is 1.00 bits per heavy atom. The molecule has 0 N–H and O–H groups in total. The number of hydrogen-bond acceptors (Lipinski definition) is 2. The van der Waals surface area contributed by atoms with Crippen molar-refractivity contribution < 1.29 is 4.42 Å². The Labute approximate surface area is 99.7 Å². The van der Waals surface area contributed by atoms with Crippen molar-refractivity contribution >= 4 is 23.2 Å². The van der Waals surface area contributed by atoms with E-state index in [1.807, 2.05) is 24.3 Å². The van der Waals surface area contributed by atoms with Crippen LogP contribution in [0, 0.1) is 0 Å². The number of halogens is 1. The van der Waals surface area contributed by atoms with Crippen molar-refractivity contribution in [1.29, 1.82) is 0 Å². The van der Waals surface area contributed by atoms with Crippen LogP contribution in [-0.4, -0.2) is 0 Å². The molecular formula is C13H13ClO2. The molecule has 0 aliphatic heterocycles. The minimum atomic E-state index is -0.189. The minimum absolute atomic E-state index is 0. The van der Waals surface area contributed by atoms with Gasteiger partial charge in [0.15, 0.2) is 0 Å². The zero-order valence-corrected chi connectivity index (χ0v) is 9.68. The molecule has 0 spiro atoms. The maximum Gasteiger partial charge on any atom is 0.343 e. The molecule has 0 bridgehead atoms. The number of fused-ring (bicyclic) bond motifs is 3. The van der Waals surface area contributed by atoms with Crippen molar-refractivity contribution in [2.75, 3.05) is 0 Å². The summed E-state index contributed by atoms with van der Waals surface area (Å²) in [5, 5.41) is 1.81. The number of benzene rings is 1. The van der Waals surface area contributed by atoms with E-state index in [4.69, 9.17) is 4.42 Å². The normalized spacial score (nSPS) is 14.2.